The number of carbonyl (C=O) groups excluding carboxylic acids is 1. The van der Waals surface area contributed by atoms with Crippen LogP contribution in [0.4, 0.5) is 28.4 Å². The fourth-order valence-electron chi connectivity index (χ4n) is 3.44. The molecule has 3 N–H and O–H groups in total. The van der Waals surface area contributed by atoms with Gasteiger partial charge >= 0.3 is 18.3 Å². The van der Waals surface area contributed by atoms with Crippen molar-refractivity contribution in [2.75, 3.05) is 5.32 Å². The van der Waals surface area contributed by atoms with E-state index in [1.54, 1.807) is 66.9 Å². The van der Waals surface area contributed by atoms with Gasteiger partial charge in [-0.2, -0.15) is 18.4 Å². The van der Waals surface area contributed by atoms with E-state index >= 15 is 0 Å². The van der Waals surface area contributed by atoms with Crippen LogP contribution in [-0.2, 0) is 6.18 Å². The van der Waals surface area contributed by atoms with Gasteiger partial charge < -0.3 is 15.7 Å². The van der Waals surface area contributed by atoms with Crippen molar-refractivity contribution in [3.8, 4) is 6.19 Å². The number of rotatable bonds is 6. The fourth-order valence-corrected chi connectivity index (χ4v) is 3.44. The summed E-state index contributed by atoms with van der Waals surface area (Å²) in [7, 11) is 0. The largest absolute Gasteiger partial charge is 0.465 e. The van der Waals surface area contributed by atoms with Gasteiger partial charge in [0.2, 0.25) is 0 Å². The lowest BCUT2D eigenvalue weighted by Gasteiger charge is -2.33. The van der Waals surface area contributed by atoms with Crippen molar-refractivity contribution in [1.29, 1.82) is 5.26 Å². The molecule has 3 aromatic rings. The number of hydrogen-bond acceptors (Lipinski definition) is 3. The molecule has 10 heteroatoms. The molecule has 0 aromatic heterocycles. The van der Waals surface area contributed by atoms with Crippen LogP contribution in [0.5, 0.6) is 0 Å². The molecule has 174 valence electrons. The molecule has 0 aliphatic carbocycles. The van der Waals surface area contributed by atoms with Crippen molar-refractivity contribution in [3.05, 3.63) is 102 Å². The first kappa shape index (κ1) is 24.1. The highest BCUT2D eigenvalue weighted by Gasteiger charge is 2.35. The minimum Gasteiger partial charge on any atom is -0.465 e. The number of carbonyl (C=O) groups is 2. The van der Waals surface area contributed by atoms with Gasteiger partial charge in [-0.05, 0) is 35.4 Å². The molecule has 0 radical (unpaired) electrons. The Bertz CT molecular complexity index is 1160. The molecule has 0 fully saturated rings. The third-order valence-electron chi connectivity index (χ3n) is 4.96. The zero-order chi connectivity index (χ0) is 24.7. The van der Waals surface area contributed by atoms with E-state index in [1.165, 1.54) is 0 Å². The lowest BCUT2D eigenvalue weighted by Crippen LogP contribution is -2.42. The molecule has 0 saturated carbocycles. The predicted molar refractivity (Wildman–Crippen MR) is 117 cm³/mol. The van der Waals surface area contributed by atoms with E-state index in [1.807, 2.05) is 0 Å². The number of nitrogens with one attached hydrogen (secondary N) is 2. The van der Waals surface area contributed by atoms with E-state index in [4.69, 9.17) is 0 Å². The Balaban J connectivity index is 1.99. The van der Waals surface area contributed by atoms with Crippen molar-refractivity contribution in [2.45, 2.75) is 18.3 Å². The molecule has 3 aromatic carbocycles. The summed E-state index contributed by atoms with van der Waals surface area (Å²) in [4.78, 5) is 25.4. The molecule has 0 aliphatic rings. The van der Waals surface area contributed by atoms with Gasteiger partial charge in [0.25, 0.3) is 0 Å². The van der Waals surface area contributed by atoms with E-state index in [2.05, 4.69) is 10.6 Å². The average molecular weight is 468 g/mol. The van der Waals surface area contributed by atoms with Gasteiger partial charge in [0.1, 0.15) is 0 Å². The topological polar surface area (TPSA) is 105 Å². The van der Waals surface area contributed by atoms with E-state index in [-0.39, 0.29) is 5.69 Å². The second-order valence-corrected chi connectivity index (χ2v) is 7.17. The Morgan fingerprint density at radius 1 is 0.882 bits per heavy atom. The SMILES string of the molecule is N#CN(C(=O)Nc1ccc(C(F)(F)F)cc1)[C@H](c1ccccc1)[C@H](NC(=O)O)c1ccccc1. The summed E-state index contributed by atoms with van der Waals surface area (Å²) in [5.41, 5.74) is 0.114. The highest BCUT2D eigenvalue weighted by atomic mass is 19.4. The van der Waals surface area contributed by atoms with Gasteiger partial charge in [-0.1, -0.05) is 60.7 Å². The molecule has 0 spiro atoms. The number of alkyl halides is 3. The van der Waals surface area contributed by atoms with E-state index in [0.29, 0.717) is 11.1 Å². The lowest BCUT2D eigenvalue weighted by atomic mass is 9.92. The fraction of sp³-hybridized carbons (Fsp3) is 0.125. The van der Waals surface area contributed by atoms with Gasteiger partial charge in [0.05, 0.1) is 17.6 Å². The molecular formula is C24H19F3N4O3. The molecule has 2 atom stereocenters. The second-order valence-electron chi connectivity index (χ2n) is 7.17. The summed E-state index contributed by atoms with van der Waals surface area (Å²) in [5, 5.41) is 24.1. The summed E-state index contributed by atoms with van der Waals surface area (Å²) < 4.78 is 38.5. The van der Waals surface area contributed by atoms with Crippen LogP contribution in [0.2, 0.25) is 0 Å². The Labute approximate surface area is 193 Å². The number of nitrogens with zero attached hydrogens (tertiary/aromatic N) is 2. The minimum atomic E-state index is -4.54. The first-order valence-electron chi connectivity index (χ1n) is 9.97. The average Bonchev–Trinajstić information content (AvgIpc) is 2.82. The Morgan fingerprint density at radius 2 is 1.41 bits per heavy atom. The van der Waals surface area contributed by atoms with Crippen LogP contribution >= 0.6 is 0 Å². The number of urea groups is 1. The maximum absolute atomic E-state index is 13.1. The number of halogens is 3. The van der Waals surface area contributed by atoms with E-state index < -0.39 is 35.9 Å². The number of hydrogen-bond donors (Lipinski definition) is 3. The predicted octanol–water partition coefficient (Wildman–Crippen LogP) is 5.77. The third-order valence-corrected chi connectivity index (χ3v) is 4.96. The summed E-state index contributed by atoms with van der Waals surface area (Å²) in [6.45, 7) is 0. The molecule has 3 rings (SSSR count). The zero-order valence-corrected chi connectivity index (χ0v) is 17.5. The molecule has 7 nitrogen and oxygen atoms in total. The number of amides is 3. The maximum atomic E-state index is 13.1. The quantitative estimate of drug-likeness (QED) is 0.315. The molecule has 0 heterocycles. The molecule has 0 bridgehead atoms. The van der Waals surface area contributed by atoms with Crippen LogP contribution in [0.3, 0.4) is 0 Å². The smallest absolute Gasteiger partial charge is 0.416 e. The van der Waals surface area contributed by atoms with Crippen molar-refractivity contribution >= 4 is 17.8 Å². The van der Waals surface area contributed by atoms with Crippen LogP contribution in [0.25, 0.3) is 0 Å². The third kappa shape index (κ3) is 5.83. The maximum Gasteiger partial charge on any atom is 0.416 e. The van der Waals surface area contributed by atoms with Gasteiger partial charge in [-0.25, -0.2) is 14.5 Å². The van der Waals surface area contributed by atoms with Crippen LogP contribution in [0.1, 0.15) is 28.8 Å². The standard InChI is InChI=1S/C24H19F3N4O3/c25-24(26,27)18-11-13-19(14-12-18)29-22(32)31(15-28)21(17-9-5-2-6-10-17)20(30-23(33)34)16-7-3-1-4-8-16/h1-14,20-21,30H,(H,29,32)(H,33,34)/t20-,21-/m1/s1. The zero-order valence-electron chi connectivity index (χ0n) is 17.5. The summed E-state index contributed by atoms with van der Waals surface area (Å²) >= 11 is 0. The van der Waals surface area contributed by atoms with E-state index in [9.17, 15) is 33.1 Å². The van der Waals surface area contributed by atoms with Crippen LogP contribution in [-0.4, -0.2) is 22.1 Å². The normalized spacial score (nSPS) is 12.6. The summed E-state index contributed by atoms with van der Waals surface area (Å²) in [6, 6.07) is 17.4. The summed E-state index contributed by atoms with van der Waals surface area (Å²) in [6.07, 6.45) is -4.11. The second kappa shape index (κ2) is 10.4. The minimum absolute atomic E-state index is 0.0347. The van der Waals surface area contributed by atoms with Crippen molar-refractivity contribution in [2.24, 2.45) is 0 Å². The molecule has 0 unspecified atom stereocenters. The highest BCUT2D eigenvalue weighted by molar-refractivity contribution is 5.90. The molecule has 0 aliphatic heterocycles. The van der Waals surface area contributed by atoms with Gasteiger partial charge in [-0.15, -0.1) is 0 Å². The van der Waals surface area contributed by atoms with Crippen LogP contribution in [0.15, 0.2) is 84.9 Å². The molecule has 0 saturated heterocycles. The monoisotopic (exact) mass is 468 g/mol. The van der Waals surface area contributed by atoms with Gasteiger partial charge in [0.15, 0.2) is 6.19 Å². The molecule has 3 amide bonds. The van der Waals surface area contributed by atoms with Crippen molar-refractivity contribution < 1.29 is 27.9 Å². The first-order valence-corrected chi connectivity index (χ1v) is 9.97. The number of anilines is 1. The van der Waals surface area contributed by atoms with Crippen LogP contribution < -0.4 is 10.6 Å². The van der Waals surface area contributed by atoms with E-state index in [0.717, 1.165) is 29.2 Å². The van der Waals surface area contributed by atoms with Crippen molar-refractivity contribution in [1.82, 2.24) is 10.2 Å². The number of nitriles is 1. The molecule has 34 heavy (non-hydrogen) atoms. The Hall–Kier alpha value is -4.52. The Kier molecular flexibility index (Phi) is 7.38. The van der Waals surface area contributed by atoms with Gasteiger partial charge in [-0.3, -0.25) is 0 Å². The van der Waals surface area contributed by atoms with Crippen molar-refractivity contribution in [3.63, 3.8) is 0 Å². The Morgan fingerprint density at radius 3 is 1.88 bits per heavy atom. The number of carboxylic acid groups (broad SMARTS) is 1. The lowest BCUT2D eigenvalue weighted by molar-refractivity contribution is -0.137. The first-order chi connectivity index (χ1) is 16.2. The summed E-state index contributed by atoms with van der Waals surface area (Å²) in [5.74, 6) is 0. The van der Waals surface area contributed by atoms with Crippen LogP contribution in [0, 0.1) is 11.5 Å². The molecular weight excluding hydrogens is 449 g/mol. The number of benzene rings is 3. The van der Waals surface area contributed by atoms with Gasteiger partial charge in [0, 0.05) is 5.69 Å². The highest BCUT2D eigenvalue weighted by Crippen LogP contribution is 2.35.